The Hall–Kier alpha value is -2.00. The molecule has 2 rings (SSSR count). The first-order valence-electron chi connectivity index (χ1n) is 6.86. The van der Waals surface area contributed by atoms with Crippen molar-refractivity contribution in [2.24, 2.45) is 0 Å². The fourth-order valence-corrected chi connectivity index (χ4v) is 2.46. The van der Waals surface area contributed by atoms with Crippen LogP contribution in [-0.4, -0.2) is 22.9 Å². The number of nitrogens with two attached hydrogens (primary N) is 1. The Morgan fingerprint density at radius 1 is 1.29 bits per heavy atom. The number of nitriles is 1. The SMILES string of the molecule is CCN(CC)c1nn(Cc2ccc(Br)cc2)c(N)c1C#N. The molecule has 0 aliphatic carbocycles. The van der Waals surface area contributed by atoms with Crippen LogP contribution < -0.4 is 10.6 Å². The van der Waals surface area contributed by atoms with E-state index in [1.54, 1.807) is 4.68 Å². The zero-order valence-electron chi connectivity index (χ0n) is 12.2. The van der Waals surface area contributed by atoms with Crippen LogP contribution in [0.1, 0.15) is 25.0 Å². The molecule has 0 aliphatic rings. The zero-order valence-corrected chi connectivity index (χ0v) is 13.8. The summed E-state index contributed by atoms with van der Waals surface area (Å²) in [5, 5.41) is 13.9. The van der Waals surface area contributed by atoms with E-state index in [1.165, 1.54) is 0 Å². The topological polar surface area (TPSA) is 70.9 Å². The van der Waals surface area contributed by atoms with Crippen LogP contribution in [0.5, 0.6) is 0 Å². The highest BCUT2D eigenvalue weighted by Gasteiger charge is 2.19. The van der Waals surface area contributed by atoms with Crippen LogP contribution in [0.3, 0.4) is 0 Å². The van der Waals surface area contributed by atoms with Crippen molar-refractivity contribution in [3.8, 4) is 6.07 Å². The summed E-state index contributed by atoms with van der Waals surface area (Å²) >= 11 is 3.41. The van der Waals surface area contributed by atoms with Crippen molar-refractivity contribution in [1.82, 2.24) is 9.78 Å². The maximum Gasteiger partial charge on any atom is 0.170 e. The van der Waals surface area contributed by atoms with E-state index in [4.69, 9.17) is 5.73 Å². The molecule has 0 aliphatic heterocycles. The molecule has 0 unspecified atom stereocenters. The average Bonchev–Trinajstić information content (AvgIpc) is 2.79. The summed E-state index contributed by atoms with van der Waals surface area (Å²) in [6, 6.07) is 10.1. The molecular formula is C15H18BrN5. The molecule has 5 nitrogen and oxygen atoms in total. The average molecular weight is 348 g/mol. The normalized spacial score (nSPS) is 10.4. The molecule has 1 aromatic carbocycles. The largest absolute Gasteiger partial charge is 0.383 e. The van der Waals surface area contributed by atoms with E-state index in [1.807, 2.05) is 43.0 Å². The van der Waals surface area contributed by atoms with Crippen LogP contribution in [-0.2, 0) is 6.54 Å². The Balaban J connectivity index is 2.37. The van der Waals surface area contributed by atoms with Gasteiger partial charge in [-0.05, 0) is 31.5 Å². The molecule has 0 radical (unpaired) electrons. The van der Waals surface area contributed by atoms with E-state index < -0.39 is 0 Å². The molecule has 1 aromatic heterocycles. The number of nitrogen functional groups attached to an aromatic ring is 1. The molecule has 0 saturated carbocycles. The second-order valence-corrected chi connectivity index (χ2v) is 5.57. The lowest BCUT2D eigenvalue weighted by Crippen LogP contribution is -2.23. The molecule has 0 fully saturated rings. The summed E-state index contributed by atoms with van der Waals surface area (Å²) in [6.45, 7) is 6.21. The van der Waals surface area contributed by atoms with Crippen molar-refractivity contribution in [1.29, 1.82) is 5.26 Å². The number of halogens is 1. The number of aromatic nitrogens is 2. The van der Waals surface area contributed by atoms with Crippen LogP contribution >= 0.6 is 15.9 Å². The van der Waals surface area contributed by atoms with E-state index in [2.05, 4.69) is 27.1 Å². The van der Waals surface area contributed by atoms with Crippen molar-refractivity contribution in [2.75, 3.05) is 23.7 Å². The van der Waals surface area contributed by atoms with Gasteiger partial charge in [0.25, 0.3) is 0 Å². The lowest BCUT2D eigenvalue weighted by Gasteiger charge is -2.17. The second kappa shape index (κ2) is 6.64. The monoisotopic (exact) mass is 347 g/mol. The molecule has 6 heteroatoms. The van der Waals surface area contributed by atoms with Crippen molar-refractivity contribution in [3.63, 3.8) is 0 Å². The van der Waals surface area contributed by atoms with Gasteiger partial charge in [0, 0.05) is 17.6 Å². The van der Waals surface area contributed by atoms with Gasteiger partial charge in [0.1, 0.15) is 17.5 Å². The van der Waals surface area contributed by atoms with Gasteiger partial charge in [0.2, 0.25) is 0 Å². The first-order chi connectivity index (χ1) is 10.1. The Labute approximate surface area is 133 Å². The van der Waals surface area contributed by atoms with Crippen molar-refractivity contribution in [3.05, 3.63) is 39.9 Å². The summed E-state index contributed by atoms with van der Waals surface area (Å²) in [6.07, 6.45) is 0. The lowest BCUT2D eigenvalue weighted by atomic mass is 10.2. The van der Waals surface area contributed by atoms with E-state index in [9.17, 15) is 5.26 Å². The minimum atomic E-state index is 0.419. The number of rotatable bonds is 5. The number of anilines is 2. The van der Waals surface area contributed by atoms with Gasteiger partial charge in [0.15, 0.2) is 5.82 Å². The molecule has 1 heterocycles. The molecule has 2 N–H and O–H groups in total. The zero-order chi connectivity index (χ0) is 15.4. The maximum atomic E-state index is 9.34. The number of hydrogen-bond donors (Lipinski definition) is 1. The molecule has 0 bridgehead atoms. The highest BCUT2D eigenvalue weighted by Crippen LogP contribution is 2.25. The lowest BCUT2D eigenvalue weighted by molar-refractivity contribution is 0.686. The van der Waals surface area contributed by atoms with Crippen molar-refractivity contribution in [2.45, 2.75) is 20.4 Å². The smallest absolute Gasteiger partial charge is 0.170 e. The Morgan fingerprint density at radius 3 is 2.43 bits per heavy atom. The third-order valence-corrected chi connectivity index (χ3v) is 3.92. The molecular weight excluding hydrogens is 330 g/mol. The van der Waals surface area contributed by atoms with Crippen LogP contribution in [0.4, 0.5) is 11.6 Å². The van der Waals surface area contributed by atoms with Gasteiger partial charge >= 0.3 is 0 Å². The van der Waals surface area contributed by atoms with Crippen LogP contribution in [0.15, 0.2) is 28.7 Å². The molecule has 21 heavy (non-hydrogen) atoms. The maximum absolute atomic E-state index is 9.34. The second-order valence-electron chi connectivity index (χ2n) is 4.65. The predicted octanol–water partition coefficient (Wildman–Crippen LogP) is 2.99. The standard InChI is InChI=1S/C15H18BrN5/c1-3-20(4-2)15-13(9-17)14(18)21(19-15)10-11-5-7-12(16)8-6-11/h5-8H,3-4,10,18H2,1-2H3. The minimum absolute atomic E-state index is 0.419. The Kier molecular flexibility index (Phi) is 4.86. The number of nitrogens with zero attached hydrogens (tertiary/aromatic N) is 4. The van der Waals surface area contributed by atoms with Gasteiger partial charge in [-0.15, -0.1) is 0 Å². The highest BCUT2D eigenvalue weighted by atomic mass is 79.9. The van der Waals surface area contributed by atoms with E-state index in [0.29, 0.717) is 23.7 Å². The molecule has 0 spiro atoms. The van der Waals surface area contributed by atoms with E-state index >= 15 is 0 Å². The van der Waals surface area contributed by atoms with Crippen LogP contribution in [0.25, 0.3) is 0 Å². The molecule has 2 aromatic rings. The van der Waals surface area contributed by atoms with E-state index in [0.717, 1.165) is 23.1 Å². The van der Waals surface area contributed by atoms with Crippen LogP contribution in [0, 0.1) is 11.3 Å². The van der Waals surface area contributed by atoms with Gasteiger partial charge in [-0.3, -0.25) is 0 Å². The van der Waals surface area contributed by atoms with Gasteiger partial charge in [-0.1, -0.05) is 28.1 Å². The fourth-order valence-electron chi connectivity index (χ4n) is 2.20. The van der Waals surface area contributed by atoms with Gasteiger partial charge in [0.05, 0.1) is 6.54 Å². The van der Waals surface area contributed by atoms with Crippen molar-refractivity contribution >= 4 is 27.6 Å². The first kappa shape index (κ1) is 15.4. The third kappa shape index (κ3) is 3.19. The Morgan fingerprint density at radius 2 is 1.90 bits per heavy atom. The van der Waals surface area contributed by atoms with Gasteiger partial charge < -0.3 is 10.6 Å². The van der Waals surface area contributed by atoms with Gasteiger partial charge in [-0.2, -0.15) is 10.4 Å². The molecule has 110 valence electrons. The quantitative estimate of drug-likeness (QED) is 0.902. The summed E-state index contributed by atoms with van der Waals surface area (Å²) in [5.41, 5.74) is 7.62. The number of benzene rings is 1. The molecule has 0 amide bonds. The fraction of sp³-hybridized carbons (Fsp3) is 0.333. The first-order valence-corrected chi connectivity index (χ1v) is 7.65. The van der Waals surface area contributed by atoms with E-state index in [-0.39, 0.29) is 0 Å². The highest BCUT2D eigenvalue weighted by molar-refractivity contribution is 9.10. The Bertz CT molecular complexity index is 650. The van der Waals surface area contributed by atoms with Gasteiger partial charge in [-0.25, -0.2) is 4.68 Å². The molecule has 0 saturated heterocycles. The minimum Gasteiger partial charge on any atom is -0.383 e. The molecule has 0 atom stereocenters. The van der Waals surface area contributed by atoms with Crippen molar-refractivity contribution < 1.29 is 0 Å². The summed E-state index contributed by atoms with van der Waals surface area (Å²) in [7, 11) is 0. The van der Waals surface area contributed by atoms with Crippen LogP contribution in [0.2, 0.25) is 0 Å². The summed E-state index contributed by atoms with van der Waals surface area (Å²) in [5.74, 6) is 1.08. The third-order valence-electron chi connectivity index (χ3n) is 3.39. The number of hydrogen-bond acceptors (Lipinski definition) is 4. The summed E-state index contributed by atoms with van der Waals surface area (Å²) in [4.78, 5) is 2.03. The summed E-state index contributed by atoms with van der Waals surface area (Å²) < 4.78 is 2.72. The predicted molar refractivity (Wildman–Crippen MR) is 88.2 cm³/mol.